The van der Waals surface area contributed by atoms with E-state index in [4.69, 9.17) is 20.0 Å². The Labute approximate surface area is 234 Å². The van der Waals surface area contributed by atoms with Crippen LogP contribution < -0.4 is 26.6 Å². The first-order valence-electron chi connectivity index (χ1n) is 13.3. The van der Waals surface area contributed by atoms with Crippen molar-refractivity contribution in [1.29, 1.82) is 0 Å². The normalized spacial score (nSPS) is 22.8. The predicted molar refractivity (Wildman–Crippen MR) is 159 cm³/mol. The Bertz CT molecular complexity index is 1900. The van der Waals surface area contributed by atoms with E-state index in [0.717, 1.165) is 38.9 Å². The number of imidazole rings is 2. The molecule has 0 spiro atoms. The number of rotatable bonds is 4. The zero-order chi connectivity index (χ0) is 27.4. The highest BCUT2D eigenvalue weighted by molar-refractivity contribution is 6.02. The summed E-state index contributed by atoms with van der Waals surface area (Å²) in [6, 6.07) is 19.8. The minimum Gasteiger partial charge on any atom is -0.387 e. The van der Waals surface area contributed by atoms with E-state index >= 15 is 0 Å². The molecule has 7 N–H and O–H groups in total. The average Bonchev–Trinajstić information content (AvgIpc) is 3.73. The van der Waals surface area contributed by atoms with Crippen LogP contribution in [0.5, 0.6) is 0 Å². The van der Waals surface area contributed by atoms with E-state index in [9.17, 15) is 0 Å². The molecule has 0 fully saturated rings. The number of aryl methyl sites for hydroxylation is 1. The van der Waals surface area contributed by atoms with Gasteiger partial charge in [-0.1, -0.05) is 30.3 Å². The summed E-state index contributed by atoms with van der Waals surface area (Å²) in [5, 5.41) is 17.2. The Balaban J connectivity index is 1.24. The van der Waals surface area contributed by atoms with Crippen LogP contribution in [0.25, 0.3) is 22.1 Å². The summed E-state index contributed by atoms with van der Waals surface area (Å²) in [5.74, 6) is 2.14. The maximum absolute atomic E-state index is 5.20. The van der Waals surface area contributed by atoms with E-state index in [0.29, 0.717) is 30.4 Å². The van der Waals surface area contributed by atoms with Gasteiger partial charge in [-0.3, -0.25) is 15.6 Å². The van der Waals surface area contributed by atoms with Crippen LogP contribution in [0, 0.1) is 6.92 Å². The third kappa shape index (κ3) is 3.64. The Kier molecular flexibility index (Phi) is 4.92. The lowest BCUT2D eigenvalue weighted by molar-refractivity contribution is 0.257. The summed E-state index contributed by atoms with van der Waals surface area (Å²) < 4.78 is 0. The van der Waals surface area contributed by atoms with Crippen LogP contribution in [0.1, 0.15) is 11.3 Å². The van der Waals surface area contributed by atoms with Crippen molar-refractivity contribution in [3.8, 4) is 0 Å². The van der Waals surface area contributed by atoms with Gasteiger partial charge in [0.1, 0.15) is 0 Å². The summed E-state index contributed by atoms with van der Waals surface area (Å²) in [7, 11) is 0. The second-order valence-corrected chi connectivity index (χ2v) is 10.2. The SMILES string of the molecule is Cc1ccc2nc(NC3=N[C@]4(C5=CC=CNC5)N=C(Nc5nc6ccccc6[nH]5)N[C@]4(c4ccccn4)N3)[nH]c2c1. The van der Waals surface area contributed by atoms with Crippen LogP contribution in [0.4, 0.5) is 11.9 Å². The number of dihydropyridines is 1. The first kappa shape index (κ1) is 23.3. The van der Waals surface area contributed by atoms with Crippen molar-refractivity contribution in [1.82, 2.24) is 40.9 Å². The monoisotopic (exact) mass is 542 g/mol. The number of guanidine groups is 2. The van der Waals surface area contributed by atoms with Crippen LogP contribution in [0.3, 0.4) is 0 Å². The van der Waals surface area contributed by atoms with E-state index in [1.165, 1.54) is 0 Å². The zero-order valence-electron chi connectivity index (χ0n) is 22.0. The number of fused-ring (bicyclic) bond motifs is 3. The highest BCUT2D eigenvalue weighted by atomic mass is 15.5. The number of allylic oxidation sites excluding steroid dienone is 2. The van der Waals surface area contributed by atoms with Crippen LogP contribution >= 0.6 is 0 Å². The van der Waals surface area contributed by atoms with Gasteiger partial charge in [0.25, 0.3) is 0 Å². The summed E-state index contributed by atoms with van der Waals surface area (Å²) in [5.41, 5.74) is 4.24. The second-order valence-electron chi connectivity index (χ2n) is 10.2. The molecule has 3 aliphatic rings. The first-order chi connectivity index (χ1) is 20.1. The van der Waals surface area contributed by atoms with Crippen LogP contribution in [-0.2, 0) is 5.66 Å². The smallest absolute Gasteiger partial charge is 0.228 e. The van der Waals surface area contributed by atoms with Gasteiger partial charge in [-0.15, -0.1) is 0 Å². The van der Waals surface area contributed by atoms with Gasteiger partial charge in [0.2, 0.25) is 35.1 Å². The topological polar surface area (TPSA) is 155 Å². The van der Waals surface area contributed by atoms with Gasteiger partial charge < -0.3 is 25.9 Å². The second kappa shape index (κ2) is 8.68. The molecule has 6 heterocycles. The molecule has 0 saturated heterocycles. The van der Waals surface area contributed by atoms with Crippen LogP contribution in [0.2, 0.25) is 0 Å². The standard InChI is InChI=1S/C29H26N12/c1-17-11-12-21-22(15-17)35-25(34-21)37-27-39-28(18-7-6-13-30-16-18)29(41-27,23-10-4-5-14-31-23)40-26(38-28)36-24-32-19-8-2-3-9-20(19)33-24/h2-15,30H,16H2,1H3,(H3,32,33,36,38,40)(H3,34,35,37,39,41)/t28-,29+/m0/s1. The summed E-state index contributed by atoms with van der Waals surface area (Å²) in [6.07, 6.45) is 7.67. The van der Waals surface area contributed by atoms with Gasteiger partial charge in [-0.25, -0.2) is 20.0 Å². The predicted octanol–water partition coefficient (Wildman–Crippen LogP) is 3.18. The molecule has 8 rings (SSSR count). The van der Waals surface area contributed by atoms with Gasteiger partial charge >= 0.3 is 0 Å². The van der Waals surface area contributed by atoms with Crippen molar-refractivity contribution >= 4 is 45.9 Å². The number of aromatic amines is 2. The van der Waals surface area contributed by atoms with E-state index < -0.39 is 11.3 Å². The number of pyridine rings is 1. The molecule has 12 nitrogen and oxygen atoms in total. The van der Waals surface area contributed by atoms with Gasteiger partial charge in [0.15, 0.2) is 0 Å². The molecule has 3 aromatic heterocycles. The molecule has 41 heavy (non-hydrogen) atoms. The molecule has 0 unspecified atom stereocenters. The number of aliphatic imine (C=N–C) groups is 2. The summed E-state index contributed by atoms with van der Waals surface area (Å²) >= 11 is 0. The Morgan fingerprint density at radius 3 is 2.24 bits per heavy atom. The molecule has 0 bridgehead atoms. The van der Waals surface area contributed by atoms with Crippen molar-refractivity contribution in [2.24, 2.45) is 9.98 Å². The fraction of sp³-hybridized carbons (Fsp3) is 0.138. The van der Waals surface area contributed by atoms with E-state index in [2.05, 4.69) is 54.5 Å². The lowest BCUT2D eigenvalue weighted by Gasteiger charge is -2.38. The molecule has 202 valence electrons. The highest BCUT2D eigenvalue weighted by Crippen LogP contribution is 2.47. The van der Waals surface area contributed by atoms with Crippen LogP contribution in [-0.4, -0.2) is 49.0 Å². The number of anilines is 2. The van der Waals surface area contributed by atoms with Gasteiger partial charge in [0.05, 0.1) is 27.8 Å². The van der Waals surface area contributed by atoms with E-state index in [-0.39, 0.29) is 0 Å². The van der Waals surface area contributed by atoms with Crippen LogP contribution in [0.15, 0.2) is 101 Å². The Hall–Kier alpha value is -5.65. The molecular formula is C29H26N12. The quantitative estimate of drug-likeness (QED) is 0.183. The van der Waals surface area contributed by atoms with E-state index in [1.807, 2.05) is 72.9 Å². The minimum absolute atomic E-state index is 0.500. The maximum atomic E-state index is 5.20. The van der Waals surface area contributed by atoms with Gasteiger partial charge in [-0.05, 0) is 61.2 Å². The Morgan fingerprint density at radius 1 is 0.805 bits per heavy atom. The lowest BCUT2D eigenvalue weighted by Crippen LogP contribution is -2.63. The fourth-order valence-electron chi connectivity index (χ4n) is 5.65. The molecule has 0 radical (unpaired) electrons. The molecule has 0 saturated carbocycles. The van der Waals surface area contributed by atoms with Crippen molar-refractivity contribution in [2.45, 2.75) is 18.2 Å². The number of benzene rings is 2. The molecule has 2 atom stereocenters. The van der Waals surface area contributed by atoms with Gasteiger partial charge in [-0.2, -0.15) is 0 Å². The molecule has 2 aromatic carbocycles. The van der Waals surface area contributed by atoms with Gasteiger partial charge in [0, 0.05) is 18.3 Å². The van der Waals surface area contributed by atoms with Crippen molar-refractivity contribution in [2.75, 3.05) is 17.2 Å². The highest BCUT2D eigenvalue weighted by Gasteiger charge is 2.65. The molecule has 12 heteroatoms. The number of nitrogens with one attached hydrogen (secondary N) is 7. The third-order valence-electron chi connectivity index (χ3n) is 7.48. The lowest BCUT2D eigenvalue weighted by atomic mass is 9.84. The largest absolute Gasteiger partial charge is 0.387 e. The number of nitrogens with zero attached hydrogens (tertiary/aromatic N) is 5. The average molecular weight is 543 g/mol. The maximum Gasteiger partial charge on any atom is 0.228 e. The van der Waals surface area contributed by atoms with Crippen molar-refractivity contribution < 1.29 is 0 Å². The number of H-pyrrole nitrogens is 2. The minimum atomic E-state index is -1.13. The number of hydrogen-bond donors (Lipinski definition) is 7. The number of hydrogen-bond acceptors (Lipinski definition) is 10. The number of aromatic nitrogens is 5. The zero-order valence-corrected chi connectivity index (χ0v) is 22.0. The Morgan fingerprint density at radius 2 is 1.54 bits per heavy atom. The first-order valence-corrected chi connectivity index (χ1v) is 13.3. The number of para-hydroxylation sites is 2. The molecule has 0 aliphatic carbocycles. The third-order valence-corrected chi connectivity index (χ3v) is 7.48. The summed E-state index contributed by atoms with van der Waals surface area (Å²) in [4.78, 5) is 31.2. The van der Waals surface area contributed by atoms with Crippen molar-refractivity contribution in [3.63, 3.8) is 0 Å². The molecular weight excluding hydrogens is 516 g/mol. The molecule has 3 aliphatic heterocycles. The summed E-state index contributed by atoms with van der Waals surface area (Å²) in [6.45, 7) is 2.61. The van der Waals surface area contributed by atoms with E-state index in [1.54, 1.807) is 6.20 Å². The van der Waals surface area contributed by atoms with Crippen molar-refractivity contribution in [3.05, 3.63) is 102 Å². The molecule has 0 amide bonds. The molecule has 5 aromatic rings. The fourth-order valence-corrected chi connectivity index (χ4v) is 5.65.